The van der Waals surface area contributed by atoms with Crippen LogP contribution in [-0.4, -0.2) is 76.8 Å². The fraction of sp³-hybridized carbons (Fsp3) is 0.895. The number of nitrogens with one attached hydrogen (secondary N) is 8. The van der Waals surface area contributed by atoms with Gasteiger partial charge in [-0.25, -0.2) is 4.39 Å². The number of halogens is 1. The van der Waals surface area contributed by atoms with Crippen LogP contribution in [0.25, 0.3) is 0 Å². The van der Waals surface area contributed by atoms with Gasteiger partial charge in [0.05, 0.1) is 18.5 Å². The normalized spacial score (nSPS) is 35.4. The van der Waals surface area contributed by atoms with Crippen LogP contribution >= 0.6 is 0 Å². The predicted molar refractivity (Wildman–Crippen MR) is 111 cm³/mol. The molecular weight excluding hydrogens is 359 g/mol. The molecule has 0 aromatic rings. The third-order valence-corrected chi connectivity index (χ3v) is 5.77. The van der Waals surface area contributed by atoms with E-state index in [2.05, 4.69) is 55.5 Å². The van der Waals surface area contributed by atoms with Crippen molar-refractivity contribution in [1.29, 1.82) is 0 Å². The number of hydrogen-bond acceptors (Lipinski definition) is 8. The molecule has 2 heterocycles. The Labute approximate surface area is 168 Å². The standard InChI is InChI=1S/C19H39FN8/c1-13(14-3-5-15(20)6-4-14)25-19-27-16(23-9-7-21-2)11-17(28-19)26-18-12-22-8-10-24-18/h3,13,15-19,21-28H,4-12H2,1-2H3/t13-,15?,16?,17?,18?,19?/m0/s1. The Morgan fingerprint density at radius 1 is 1.18 bits per heavy atom. The van der Waals surface area contributed by atoms with Crippen LogP contribution in [0.4, 0.5) is 4.39 Å². The molecule has 0 bridgehead atoms. The van der Waals surface area contributed by atoms with E-state index in [0.717, 1.165) is 45.6 Å². The highest BCUT2D eigenvalue weighted by Crippen LogP contribution is 2.23. The lowest BCUT2D eigenvalue weighted by Gasteiger charge is -2.42. The van der Waals surface area contributed by atoms with Crippen molar-refractivity contribution >= 4 is 0 Å². The first-order valence-corrected chi connectivity index (χ1v) is 10.8. The van der Waals surface area contributed by atoms with Crippen LogP contribution in [0.2, 0.25) is 0 Å². The average Bonchev–Trinajstić information content (AvgIpc) is 2.69. The molecule has 6 atom stereocenters. The van der Waals surface area contributed by atoms with E-state index in [9.17, 15) is 4.39 Å². The minimum absolute atomic E-state index is 0.0196. The second-order valence-electron chi connectivity index (χ2n) is 8.08. The maximum Gasteiger partial charge on any atom is 0.114 e. The first-order chi connectivity index (χ1) is 13.6. The highest BCUT2D eigenvalue weighted by molar-refractivity contribution is 5.13. The van der Waals surface area contributed by atoms with Crippen molar-refractivity contribution in [2.75, 3.05) is 39.8 Å². The summed E-state index contributed by atoms with van der Waals surface area (Å²) in [7, 11) is 1.97. The highest BCUT2D eigenvalue weighted by atomic mass is 19.1. The molecule has 3 aliphatic rings. The van der Waals surface area contributed by atoms with Gasteiger partial charge in [0.15, 0.2) is 0 Å². The van der Waals surface area contributed by atoms with Crippen molar-refractivity contribution in [2.45, 2.75) is 69.6 Å². The molecule has 0 saturated carbocycles. The van der Waals surface area contributed by atoms with E-state index in [0.29, 0.717) is 12.8 Å². The molecule has 162 valence electrons. The second kappa shape index (κ2) is 11.5. The van der Waals surface area contributed by atoms with Gasteiger partial charge >= 0.3 is 0 Å². The zero-order valence-corrected chi connectivity index (χ0v) is 17.3. The van der Waals surface area contributed by atoms with Crippen LogP contribution < -0.4 is 42.5 Å². The SMILES string of the molecule is CNCCNC1CC(NC2CNCCN2)NC(N[C@@H](C)C2=CCC(F)CC2)N1. The Bertz CT molecular complexity index is 485. The largest absolute Gasteiger partial charge is 0.318 e. The van der Waals surface area contributed by atoms with Crippen LogP contribution in [0.15, 0.2) is 11.6 Å². The minimum atomic E-state index is -0.673. The number of allylic oxidation sites excluding steroid dienone is 1. The van der Waals surface area contributed by atoms with Crippen molar-refractivity contribution < 1.29 is 4.39 Å². The first-order valence-electron chi connectivity index (χ1n) is 10.8. The molecule has 0 amide bonds. The Hall–Kier alpha value is -0.650. The molecule has 3 rings (SSSR count). The van der Waals surface area contributed by atoms with Gasteiger partial charge in [0.25, 0.3) is 0 Å². The summed E-state index contributed by atoms with van der Waals surface area (Å²) in [6.07, 6.45) is 5.02. The quantitative estimate of drug-likeness (QED) is 0.182. The van der Waals surface area contributed by atoms with Crippen LogP contribution in [0, 0.1) is 0 Å². The fourth-order valence-electron chi connectivity index (χ4n) is 4.14. The van der Waals surface area contributed by atoms with Gasteiger partial charge in [-0.15, -0.1) is 0 Å². The summed E-state index contributed by atoms with van der Waals surface area (Å²) in [5.41, 5.74) is 1.31. The summed E-state index contributed by atoms with van der Waals surface area (Å²) >= 11 is 0. The minimum Gasteiger partial charge on any atom is -0.318 e. The lowest BCUT2D eigenvalue weighted by molar-refractivity contribution is 0.147. The van der Waals surface area contributed by atoms with Crippen LogP contribution in [-0.2, 0) is 0 Å². The van der Waals surface area contributed by atoms with Crippen molar-refractivity contribution in [3.05, 3.63) is 11.6 Å². The van der Waals surface area contributed by atoms with E-state index >= 15 is 0 Å². The molecule has 0 radical (unpaired) electrons. The molecule has 8 N–H and O–H groups in total. The van der Waals surface area contributed by atoms with Crippen LogP contribution in [0.1, 0.15) is 32.6 Å². The Morgan fingerprint density at radius 3 is 2.75 bits per heavy atom. The molecule has 0 spiro atoms. The summed E-state index contributed by atoms with van der Waals surface area (Å²) in [4.78, 5) is 0. The van der Waals surface area contributed by atoms with Gasteiger partial charge in [-0.1, -0.05) is 11.6 Å². The summed E-state index contributed by atoms with van der Waals surface area (Å²) in [5.74, 6) is 0. The summed E-state index contributed by atoms with van der Waals surface area (Å²) in [5, 5.41) is 28.3. The third kappa shape index (κ3) is 7.00. The van der Waals surface area contributed by atoms with E-state index in [-0.39, 0.29) is 30.8 Å². The third-order valence-electron chi connectivity index (χ3n) is 5.77. The number of likely N-dealkylation sites (N-methyl/N-ethyl adjacent to an activating group) is 1. The lowest BCUT2D eigenvalue weighted by atomic mass is 9.93. The summed E-state index contributed by atoms with van der Waals surface area (Å²) in [6, 6.07) is 0.212. The monoisotopic (exact) mass is 398 g/mol. The molecule has 2 saturated heterocycles. The van der Waals surface area contributed by atoms with E-state index < -0.39 is 6.17 Å². The average molecular weight is 399 g/mol. The first kappa shape index (κ1) is 22.0. The second-order valence-corrected chi connectivity index (χ2v) is 8.08. The number of alkyl halides is 1. The van der Waals surface area contributed by atoms with Gasteiger partial charge < -0.3 is 16.0 Å². The molecule has 9 heteroatoms. The van der Waals surface area contributed by atoms with Gasteiger partial charge in [-0.2, -0.15) is 0 Å². The molecular formula is C19H39FN8. The number of hydrogen-bond donors (Lipinski definition) is 8. The van der Waals surface area contributed by atoms with Crippen LogP contribution in [0.3, 0.4) is 0 Å². The van der Waals surface area contributed by atoms with Crippen molar-refractivity contribution in [3.8, 4) is 0 Å². The highest BCUT2D eigenvalue weighted by Gasteiger charge is 2.30. The molecule has 0 aromatic heterocycles. The molecule has 2 aliphatic heterocycles. The van der Waals surface area contributed by atoms with E-state index in [1.54, 1.807) is 0 Å². The smallest absolute Gasteiger partial charge is 0.114 e. The zero-order valence-electron chi connectivity index (χ0n) is 17.3. The van der Waals surface area contributed by atoms with Gasteiger partial charge in [-0.3, -0.25) is 26.6 Å². The summed E-state index contributed by atoms with van der Waals surface area (Å²) in [6.45, 7) is 6.94. The topological polar surface area (TPSA) is 96.2 Å². The molecule has 1 aliphatic carbocycles. The molecule has 2 fully saturated rings. The Balaban J connectivity index is 1.54. The summed E-state index contributed by atoms with van der Waals surface area (Å²) < 4.78 is 13.4. The van der Waals surface area contributed by atoms with Crippen molar-refractivity contribution in [2.24, 2.45) is 0 Å². The maximum absolute atomic E-state index is 13.4. The van der Waals surface area contributed by atoms with Crippen molar-refractivity contribution in [3.63, 3.8) is 0 Å². The molecule has 28 heavy (non-hydrogen) atoms. The Kier molecular flexibility index (Phi) is 9.06. The Morgan fingerprint density at radius 2 is 2.04 bits per heavy atom. The van der Waals surface area contributed by atoms with Crippen LogP contribution in [0.5, 0.6) is 0 Å². The number of piperazine rings is 1. The van der Waals surface area contributed by atoms with Gasteiger partial charge in [0.1, 0.15) is 12.5 Å². The van der Waals surface area contributed by atoms with E-state index in [1.807, 2.05) is 7.05 Å². The van der Waals surface area contributed by atoms with Gasteiger partial charge in [-0.05, 0) is 33.2 Å². The molecule has 0 aromatic carbocycles. The van der Waals surface area contributed by atoms with Crippen molar-refractivity contribution in [1.82, 2.24) is 42.5 Å². The van der Waals surface area contributed by atoms with E-state index in [1.165, 1.54) is 5.57 Å². The number of rotatable bonds is 9. The zero-order chi connectivity index (χ0) is 19.8. The fourth-order valence-corrected chi connectivity index (χ4v) is 4.14. The molecule has 5 unspecified atom stereocenters. The van der Waals surface area contributed by atoms with E-state index in [4.69, 9.17) is 0 Å². The predicted octanol–water partition coefficient (Wildman–Crippen LogP) is -1.15. The molecule has 8 nitrogen and oxygen atoms in total. The lowest BCUT2D eigenvalue weighted by Crippen LogP contribution is -2.73. The van der Waals surface area contributed by atoms with Gasteiger partial charge in [0.2, 0.25) is 0 Å². The maximum atomic E-state index is 13.4. The van der Waals surface area contributed by atoms with Gasteiger partial charge in [0, 0.05) is 45.2 Å².